The van der Waals surface area contributed by atoms with Crippen LogP contribution >= 0.6 is 11.6 Å². The summed E-state index contributed by atoms with van der Waals surface area (Å²) in [5.74, 6) is -0.0918. The standard InChI is InChI=1S/C12H13ClFN3O/c1-6-10(2-3-18-6)17-11-5-8(14)7(13)4-9(11)16-12(17)15/h4-6,10H,2-3H2,1H3,(H2,15,16). The van der Waals surface area contributed by atoms with E-state index in [9.17, 15) is 4.39 Å². The zero-order valence-electron chi connectivity index (χ0n) is 9.86. The number of anilines is 1. The number of nitrogens with two attached hydrogens (primary N) is 1. The second-order valence-corrected chi connectivity index (χ2v) is 4.93. The van der Waals surface area contributed by atoms with Crippen molar-refractivity contribution < 1.29 is 9.13 Å². The molecule has 1 aliphatic rings. The minimum absolute atomic E-state index is 0.0449. The summed E-state index contributed by atoms with van der Waals surface area (Å²) < 4.78 is 20.9. The molecule has 4 nitrogen and oxygen atoms in total. The van der Waals surface area contributed by atoms with Gasteiger partial charge in [-0.25, -0.2) is 9.37 Å². The summed E-state index contributed by atoms with van der Waals surface area (Å²) in [6.45, 7) is 2.66. The minimum atomic E-state index is -0.461. The largest absolute Gasteiger partial charge is 0.376 e. The van der Waals surface area contributed by atoms with Gasteiger partial charge in [-0.3, -0.25) is 0 Å². The van der Waals surface area contributed by atoms with Crippen molar-refractivity contribution in [2.24, 2.45) is 0 Å². The maximum atomic E-state index is 13.6. The molecule has 18 heavy (non-hydrogen) atoms. The van der Waals surface area contributed by atoms with Gasteiger partial charge in [0.05, 0.1) is 28.2 Å². The first-order valence-electron chi connectivity index (χ1n) is 5.82. The fourth-order valence-electron chi connectivity index (χ4n) is 2.52. The Balaban J connectivity index is 2.22. The van der Waals surface area contributed by atoms with Crippen molar-refractivity contribution in [1.82, 2.24) is 9.55 Å². The van der Waals surface area contributed by atoms with Crippen LogP contribution in [0.3, 0.4) is 0 Å². The Kier molecular flexibility index (Phi) is 2.68. The Morgan fingerprint density at radius 2 is 2.33 bits per heavy atom. The molecule has 1 fully saturated rings. The van der Waals surface area contributed by atoms with Crippen LogP contribution in [0.15, 0.2) is 12.1 Å². The molecule has 3 rings (SSSR count). The summed E-state index contributed by atoms with van der Waals surface area (Å²) in [4.78, 5) is 4.23. The van der Waals surface area contributed by atoms with Crippen LogP contribution in [0, 0.1) is 5.82 Å². The first-order chi connectivity index (χ1) is 8.58. The Hall–Kier alpha value is -1.33. The van der Waals surface area contributed by atoms with E-state index in [2.05, 4.69) is 4.98 Å². The summed E-state index contributed by atoms with van der Waals surface area (Å²) >= 11 is 5.75. The van der Waals surface area contributed by atoms with Gasteiger partial charge in [-0.1, -0.05) is 11.6 Å². The van der Waals surface area contributed by atoms with Crippen molar-refractivity contribution in [1.29, 1.82) is 0 Å². The van der Waals surface area contributed by atoms with Crippen molar-refractivity contribution in [3.8, 4) is 0 Å². The highest BCUT2D eigenvalue weighted by Crippen LogP contribution is 2.33. The van der Waals surface area contributed by atoms with Gasteiger partial charge in [0.1, 0.15) is 5.82 Å². The van der Waals surface area contributed by atoms with E-state index in [-0.39, 0.29) is 17.2 Å². The molecule has 0 amide bonds. The van der Waals surface area contributed by atoms with Gasteiger partial charge < -0.3 is 15.0 Å². The summed E-state index contributed by atoms with van der Waals surface area (Å²) in [6.07, 6.45) is 0.893. The maximum Gasteiger partial charge on any atom is 0.201 e. The summed E-state index contributed by atoms with van der Waals surface area (Å²) in [6, 6.07) is 2.97. The summed E-state index contributed by atoms with van der Waals surface area (Å²) in [7, 11) is 0. The highest BCUT2D eigenvalue weighted by molar-refractivity contribution is 6.31. The van der Waals surface area contributed by atoms with E-state index < -0.39 is 5.82 Å². The summed E-state index contributed by atoms with van der Waals surface area (Å²) in [5.41, 5.74) is 7.20. The van der Waals surface area contributed by atoms with Gasteiger partial charge in [-0.15, -0.1) is 0 Å². The van der Waals surface area contributed by atoms with Gasteiger partial charge in [-0.2, -0.15) is 0 Å². The van der Waals surface area contributed by atoms with Crippen LogP contribution in [-0.4, -0.2) is 22.3 Å². The molecule has 2 N–H and O–H groups in total. The lowest BCUT2D eigenvalue weighted by Crippen LogP contribution is -2.18. The number of ether oxygens (including phenoxy) is 1. The number of halogens is 2. The van der Waals surface area contributed by atoms with Crippen molar-refractivity contribution >= 4 is 28.6 Å². The van der Waals surface area contributed by atoms with E-state index in [4.69, 9.17) is 22.1 Å². The fraction of sp³-hybridized carbons (Fsp3) is 0.417. The van der Waals surface area contributed by atoms with Gasteiger partial charge in [0.2, 0.25) is 5.95 Å². The molecule has 1 aromatic heterocycles. The lowest BCUT2D eigenvalue weighted by atomic mass is 10.1. The Bertz CT molecular complexity index is 613. The third-order valence-corrected chi connectivity index (χ3v) is 3.72. The van der Waals surface area contributed by atoms with Crippen LogP contribution < -0.4 is 5.73 Å². The quantitative estimate of drug-likeness (QED) is 0.866. The normalized spacial score (nSPS) is 23.9. The predicted molar refractivity (Wildman–Crippen MR) is 68.2 cm³/mol. The van der Waals surface area contributed by atoms with Crippen LogP contribution in [0.1, 0.15) is 19.4 Å². The molecule has 0 bridgehead atoms. The molecule has 6 heteroatoms. The number of fused-ring (bicyclic) bond motifs is 1. The van der Waals surface area contributed by atoms with E-state index in [0.717, 1.165) is 6.42 Å². The Morgan fingerprint density at radius 3 is 3.00 bits per heavy atom. The van der Waals surface area contributed by atoms with Crippen LogP contribution in [0.2, 0.25) is 5.02 Å². The molecular formula is C12H13ClFN3O. The molecule has 0 aliphatic carbocycles. The second-order valence-electron chi connectivity index (χ2n) is 4.53. The monoisotopic (exact) mass is 269 g/mol. The van der Waals surface area contributed by atoms with E-state index in [0.29, 0.717) is 23.6 Å². The lowest BCUT2D eigenvalue weighted by Gasteiger charge is -2.18. The highest BCUT2D eigenvalue weighted by atomic mass is 35.5. The van der Waals surface area contributed by atoms with E-state index in [1.165, 1.54) is 12.1 Å². The predicted octanol–water partition coefficient (Wildman–Crippen LogP) is 2.76. The van der Waals surface area contributed by atoms with Crippen LogP contribution in [0.5, 0.6) is 0 Å². The van der Waals surface area contributed by atoms with E-state index in [1.54, 1.807) is 0 Å². The average molecular weight is 270 g/mol. The molecule has 0 saturated carbocycles. The third kappa shape index (κ3) is 1.66. The number of benzene rings is 1. The first kappa shape index (κ1) is 11.7. The molecule has 1 aliphatic heterocycles. The topological polar surface area (TPSA) is 53.1 Å². The van der Waals surface area contributed by atoms with E-state index >= 15 is 0 Å². The molecule has 96 valence electrons. The van der Waals surface area contributed by atoms with Crippen molar-refractivity contribution in [3.05, 3.63) is 23.0 Å². The minimum Gasteiger partial charge on any atom is -0.376 e. The Morgan fingerprint density at radius 1 is 1.56 bits per heavy atom. The molecule has 2 aromatic rings. The number of nitrogens with zero attached hydrogens (tertiary/aromatic N) is 2. The van der Waals surface area contributed by atoms with Crippen molar-refractivity contribution in [3.63, 3.8) is 0 Å². The van der Waals surface area contributed by atoms with Crippen molar-refractivity contribution in [2.75, 3.05) is 12.3 Å². The zero-order chi connectivity index (χ0) is 12.9. The van der Waals surface area contributed by atoms with Gasteiger partial charge in [0, 0.05) is 12.7 Å². The number of rotatable bonds is 1. The van der Waals surface area contributed by atoms with Crippen LogP contribution in [0.4, 0.5) is 10.3 Å². The van der Waals surface area contributed by atoms with Crippen molar-refractivity contribution in [2.45, 2.75) is 25.5 Å². The number of aromatic nitrogens is 2. The molecule has 0 spiro atoms. The molecular weight excluding hydrogens is 257 g/mol. The SMILES string of the molecule is CC1OCCC1n1c(N)nc2cc(Cl)c(F)cc21. The number of hydrogen-bond donors (Lipinski definition) is 1. The third-order valence-electron chi connectivity index (χ3n) is 3.43. The highest BCUT2D eigenvalue weighted by Gasteiger charge is 2.29. The van der Waals surface area contributed by atoms with Gasteiger partial charge in [0.25, 0.3) is 0 Å². The molecule has 0 radical (unpaired) electrons. The van der Waals surface area contributed by atoms with Gasteiger partial charge in [0.15, 0.2) is 0 Å². The fourth-order valence-corrected chi connectivity index (χ4v) is 2.67. The summed E-state index contributed by atoms with van der Waals surface area (Å²) in [5, 5.41) is 0.0582. The first-order valence-corrected chi connectivity index (χ1v) is 6.20. The zero-order valence-corrected chi connectivity index (χ0v) is 10.6. The molecule has 1 saturated heterocycles. The smallest absolute Gasteiger partial charge is 0.201 e. The van der Waals surface area contributed by atoms with E-state index in [1.807, 2.05) is 11.5 Å². The number of nitrogen functional groups attached to an aromatic ring is 1. The molecule has 2 heterocycles. The average Bonchev–Trinajstić information content (AvgIpc) is 2.83. The maximum absolute atomic E-state index is 13.6. The molecule has 1 aromatic carbocycles. The van der Waals surface area contributed by atoms with Gasteiger partial charge in [-0.05, 0) is 19.4 Å². The Labute approximate surface area is 108 Å². The molecule has 2 unspecified atom stereocenters. The van der Waals surface area contributed by atoms with Crippen LogP contribution in [-0.2, 0) is 4.74 Å². The van der Waals surface area contributed by atoms with Crippen LogP contribution in [0.25, 0.3) is 11.0 Å². The second kappa shape index (κ2) is 4.10. The number of hydrogen-bond acceptors (Lipinski definition) is 3. The van der Waals surface area contributed by atoms with Gasteiger partial charge >= 0.3 is 0 Å². The number of imidazole rings is 1. The lowest BCUT2D eigenvalue weighted by molar-refractivity contribution is 0.109. The molecule has 2 atom stereocenters.